The fourth-order valence-corrected chi connectivity index (χ4v) is 1.60. The summed E-state index contributed by atoms with van der Waals surface area (Å²) < 4.78 is 18.1. The monoisotopic (exact) mass is 240 g/mol. The second-order valence-corrected chi connectivity index (χ2v) is 4.08. The number of nitrogens with two attached hydrogens (primary N) is 1. The second-order valence-electron chi connectivity index (χ2n) is 4.08. The predicted molar refractivity (Wildman–Crippen MR) is 59.0 cm³/mol. The van der Waals surface area contributed by atoms with E-state index in [0.29, 0.717) is 13.0 Å². The fourth-order valence-electron chi connectivity index (χ4n) is 1.60. The van der Waals surface area contributed by atoms with Crippen LogP contribution in [0.5, 0.6) is 5.75 Å². The molecule has 1 amide bonds. The van der Waals surface area contributed by atoms with Crippen LogP contribution in [0.1, 0.15) is 6.42 Å². The van der Waals surface area contributed by atoms with E-state index in [-0.39, 0.29) is 12.3 Å². The maximum atomic E-state index is 13.0. The zero-order valence-corrected chi connectivity index (χ0v) is 9.07. The third-order valence-electron chi connectivity index (χ3n) is 2.71. The molecule has 0 spiro atoms. The summed E-state index contributed by atoms with van der Waals surface area (Å²) in [6.45, 7) is 0.591. The minimum Gasteiger partial charge on any atom is -0.505 e. The highest BCUT2D eigenvalue weighted by atomic mass is 19.1. The minimum atomic E-state index is -1.06. The van der Waals surface area contributed by atoms with Gasteiger partial charge in [0.1, 0.15) is 5.54 Å². The van der Waals surface area contributed by atoms with Crippen LogP contribution in [0.4, 0.5) is 10.1 Å². The highest BCUT2D eigenvalue weighted by Gasteiger charge is 2.38. The third-order valence-corrected chi connectivity index (χ3v) is 2.71. The summed E-state index contributed by atoms with van der Waals surface area (Å²) in [6.07, 6.45) is 0.430. The molecule has 1 saturated heterocycles. The first kappa shape index (κ1) is 11.8. The standard InChI is InChI=1S/C11H13FN2O3/c12-8-5-7(1-2-9(8)15)14-10(16)11(13)3-4-17-6-11/h1-2,5,15H,3-4,6,13H2,(H,14,16). The molecule has 0 bridgehead atoms. The topological polar surface area (TPSA) is 84.6 Å². The smallest absolute Gasteiger partial charge is 0.246 e. The van der Waals surface area contributed by atoms with Crippen molar-refractivity contribution >= 4 is 11.6 Å². The highest BCUT2D eigenvalue weighted by molar-refractivity contribution is 5.98. The Hall–Kier alpha value is -1.66. The van der Waals surface area contributed by atoms with Crippen LogP contribution in [0, 0.1) is 5.82 Å². The summed E-state index contributed by atoms with van der Waals surface area (Å²) >= 11 is 0. The van der Waals surface area contributed by atoms with E-state index in [1.165, 1.54) is 12.1 Å². The lowest BCUT2D eigenvalue weighted by atomic mass is 9.99. The van der Waals surface area contributed by atoms with Gasteiger partial charge < -0.3 is 20.9 Å². The first-order valence-corrected chi connectivity index (χ1v) is 5.18. The molecule has 0 aliphatic carbocycles. The zero-order valence-electron chi connectivity index (χ0n) is 9.07. The lowest BCUT2D eigenvalue weighted by Gasteiger charge is -2.20. The molecule has 4 N–H and O–H groups in total. The molecule has 0 saturated carbocycles. The van der Waals surface area contributed by atoms with E-state index in [1.807, 2.05) is 0 Å². The molecule has 1 unspecified atom stereocenters. The molecule has 1 fully saturated rings. The average molecular weight is 240 g/mol. The Morgan fingerprint density at radius 2 is 2.35 bits per heavy atom. The van der Waals surface area contributed by atoms with E-state index in [9.17, 15) is 9.18 Å². The Balaban J connectivity index is 2.10. The maximum Gasteiger partial charge on any atom is 0.246 e. The van der Waals surface area contributed by atoms with Crippen LogP contribution in [0.25, 0.3) is 0 Å². The van der Waals surface area contributed by atoms with Crippen molar-refractivity contribution in [3.63, 3.8) is 0 Å². The molecule has 1 aromatic carbocycles. The largest absolute Gasteiger partial charge is 0.505 e. The Morgan fingerprint density at radius 1 is 1.59 bits per heavy atom. The van der Waals surface area contributed by atoms with Crippen molar-refractivity contribution in [1.29, 1.82) is 0 Å². The van der Waals surface area contributed by atoms with E-state index in [4.69, 9.17) is 15.6 Å². The van der Waals surface area contributed by atoms with Gasteiger partial charge in [-0.15, -0.1) is 0 Å². The van der Waals surface area contributed by atoms with Gasteiger partial charge in [0, 0.05) is 18.4 Å². The summed E-state index contributed by atoms with van der Waals surface area (Å²) in [5, 5.41) is 11.5. The third kappa shape index (κ3) is 2.37. The van der Waals surface area contributed by atoms with Crippen LogP contribution in [0.3, 0.4) is 0 Å². The summed E-state index contributed by atoms with van der Waals surface area (Å²) in [7, 11) is 0. The van der Waals surface area contributed by atoms with Gasteiger partial charge in [-0.2, -0.15) is 0 Å². The van der Waals surface area contributed by atoms with E-state index in [2.05, 4.69) is 5.32 Å². The number of phenols is 1. The molecular weight excluding hydrogens is 227 g/mol. The molecule has 17 heavy (non-hydrogen) atoms. The van der Waals surface area contributed by atoms with Crippen LogP contribution in [0.2, 0.25) is 0 Å². The van der Waals surface area contributed by atoms with Gasteiger partial charge >= 0.3 is 0 Å². The lowest BCUT2D eigenvalue weighted by molar-refractivity contribution is -0.121. The Labute approximate surface area is 97.4 Å². The second kappa shape index (κ2) is 4.31. The molecule has 1 aliphatic rings. The van der Waals surface area contributed by atoms with Crippen molar-refractivity contribution in [3.8, 4) is 5.75 Å². The van der Waals surface area contributed by atoms with Gasteiger partial charge in [-0.1, -0.05) is 0 Å². The van der Waals surface area contributed by atoms with Crippen molar-refractivity contribution in [2.45, 2.75) is 12.0 Å². The van der Waals surface area contributed by atoms with E-state index >= 15 is 0 Å². The van der Waals surface area contributed by atoms with Crippen LogP contribution in [0.15, 0.2) is 18.2 Å². The number of halogens is 1. The number of ether oxygens (including phenoxy) is 1. The number of phenolic OH excluding ortho intramolecular Hbond substituents is 1. The quantitative estimate of drug-likeness (QED) is 0.660. The minimum absolute atomic E-state index is 0.152. The van der Waals surface area contributed by atoms with Crippen LogP contribution in [-0.2, 0) is 9.53 Å². The van der Waals surface area contributed by atoms with Crippen molar-refractivity contribution in [2.75, 3.05) is 18.5 Å². The van der Waals surface area contributed by atoms with Gasteiger partial charge in [-0.25, -0.2) is 4.39 Å². The number of hydrogen-bond donors (Lipinski definition) is 3. The van der Waals surface area contributed by atoms with Crippen molar-refractivity contribution < 1.29 is 19.0 Å². The van der Waals surface area contributed by atoms with E-state index in [0.717, 1.165) is 6.07 Å². The van der Waals surface area contributed by atoms with Gasteiger partial charge in [0.25, 0.3) is 0 Å². The molecule has 1 aromatic rings. The number of amides is 1. The number of nitrogens with one attached hydrogen (secondary N) is 1. The fraction of sp³-hybridized carbons (Fsp3) is 0.364. The first-order valence-electron chi connectivity index (χ1n) is 5.18. The van der Waals surface area contributed by atoms with Gasteiger partial charge in [0.15, 0.2) is 11.6 Å². The number of anilines is 1. The van der Waals surface area contributed by atoms with Gasteiger partial charge in [-0.05, 0) is 18.6 Å². The van der Waals surface area contributed by atoms with Crippen LogP contribution >= 0.6 is 0 Å². The predicted octanol–water partition coefficient (Wildman–Crippen LogP) is 0.588. The Kier molecular flexibility index (Phi) is 2.99. The summed E-state index contributed by atoms with van der Waals surface area (Å²) in [5.74, 6) is -1.67. The zero-order chi connectivity index (χ0) is 12.5. The number of rotatable bonds is 2. The number of hydrogen-bond acceptors (Lipinski definition) is 4. The van der Waals surface area contributed by atoms with Crippen LogP contribution < -0.4 is 11.1 Å². The van der Waals surface area contributed by atoms with Crippen LogP contribution in [-0.4, -0.2) is 29.8 Å². The maximum absolute atomic E-state index is 13.0. The SMILES string of the molecule is NC1(C(=O)Nc2ccc(O)c(F)c2)CCOC1. The summed E-state index contributed by atoms with van der Waals surface area (Å²) in [5.41, 5.74) is 5.03. The molecule has 6 heteroatoms. The number of carbonyl (C=O) groups excluding carboxylic acids is 1. The lowest BCUT2D eigenvalue weighted by Crippen LogP contribution is -2.51. The Morgan fingerprint density at radius 3 is 2.94 bits per heavy atom. The average Bonchev–Trinajstić information content (AvgIpc) is 2.72. The van der Waals surface area contributed by atoms with Gasteiger partial charge in [0.2, 0.25) is 5.91 Å². The van der Waals surface area contributed by atoms with Gasteiger partial charge in [-0.3, -0.25) is 4.79 Å². The highest BCUT2D eigenvalue weighted by Crippen LogP contribution is 2.22. The molecular formula is C11H13FN2O3. The molecule has 1 atom stereocenters. The van der Waals surface area contributed by atoms with Gasteiger partial charge in [0.05, 0.1) is 6.61 Å². The number of benzene rings is 1. The molecule has 2 rings (SSSR count). The van der Waals surface area contributed by atoms with E-state index < -0.39 is 23.0 Å². The molecule has 92 valence electrons. The summed E-state index contributed by atoms with van der Waals surface area (Å²) in [4.78, 5) is 11.8. The number of carbonyl (C=O) groups is 1. The van der Waals surface area contributed by atoms with Crippen molar-refractivity contribution in [1.82, 2.24) is 0 Å². The molecule has 1 heterocycles. The summed E-state index contributed by atoms with van der Waals surface area (Å²) in [6, 6.07) is 3.60. The molecule has 0 radical (unpaired) electrons. The molecule has 5 nitrogen and oxygen atoms in total. The van der Waals surface area contributed by atoms with Crippen molar-refractivity contribution in [2.24, 2.45) is 5.73 Å². The van der Waals surface area contributed by atoms with Crippen molar-refractivity contribution in [3.05, 3.63) is 24.0 Å². The first-order chi connectivity index (χ1) is 8.01. The molecule has 1 aliphatic heterocycles. The normalized spacial score (nSPS) is 23.6. The Bertz CT molecular complexity index is 444. The number of aromatic hydroxyl groups is 1. The molecule has 0 aromatic heterocycles. The van der Waals surface area contributed by atoms with E-state index in [1.54, 1.807) is 0 Å².